The van der Waals surface area contributed by atoms with Crippen molar-refractivity contribution in [3.63, 3.8) is 0 Å². The van der Waals surface area contributed by atoms with Crippen molar-refractivity contribution in [2.45, 2.75) is 12.8 Å². The Morgan fingerprint density at radius 2 is 0.576 bits per heavy atom. The van der Waals surface area contributed by atoms with Crippen LogP contribution >= 0.6 is 11.6 Å². The number of nitrogens with two attached hydrogens (primary N) is 1. The molecule has 0 saturated carbocycles. The molecule has 0 unspecified atom stereocenters. The van der Waals surface area contributed by atoms with Gasteiger partial charge < -0.3 is 24.7 Å². The number of nitrogen functional groups attached to an aromatic ring is 1. The molecule has 118 heavy (non-hydrogen) atoms. The van der Waals surface area contributed by atoms with Gasteiger partial charge in [-0.05, 0) is 217 Å². The average molecular weight is 1560 g/mol. The number of halogens is 1. The molecular weight excluding hydrogens is 1490 g/mol. The van der Waals surface area contributed by atoms with Gasteiger partial charge in [0, 0.05) is 79.0 Å². The fourth-order valence-electron chi connectivity index (χ4n) is 13.2. The van der Waals surface area contributed by atoms with Crippen LogP contribution in [0.5, 0.6) is 46.0 Å². The molecule has 572 valence electrons. The number of allylic oxidation sites excluding steroid dienone is 2. The van der Waals surface area contributed by atoms with Gasteiger partial charge in [0.05, 0.1) is 86.7 Å². The molecule has 11 aromatic carbocycles. The summed E-state index contributed by atoms with van der Waals surface area (Å²) in [5.41, 5.74) is 24.4. The zero-order chi connectivity index (χ0) is 80.5. The van der Waals surface area contributed by atoms with Crippen LogP contribution in [0.3, 0.4) is 0 Å². The number of carbonyl (C=O) groups excluding carboxylic acids is 2. The number of hydrogen-bond donors (Lipinski definition) is 5. The molecule has 0 aliphatic carbocycles. The maximum Gasteiger partial charge on any atom is 0.159 e. The third-order valence-corrected chi connectivity index (χ3v) is 19.1. The van der Waals surface area contributed by atoms with E-state index in [1.165, 1.54) is 12.2 Å². The molecule has 0 radical (unpaired) electrons. The third-order valence-electron chi connectivity index (χ3n) is 19.0. The molecule has 0 amide bonds. The van der Waals surface area contributed by atoms with Crippen molar-refractivity contribution in [3.05, 3.63) is 382 Å². The number of nitrogens with zero attached hydrogens (tertiary/aromatic N) is 8. The Morgan fingerprint density at radius 1 is 0.305 bits per heavy atom. The van der Waals surface area contributed by atoms with Crippen molar-refractivity contribution in [1.82, 2.24) is 60.7 Å². The van der Waals surface area contributed by atoms with Crippen molar-refractivity contribution < 1.29 is 28.5 Å². The Hall–Kier alpha value is -16.0. The maximum atomic E-state index is 11.8. The number of pyridine rings is 4. The van der Waals surface area contributed by atoms with Crippen molar-refractivity contribution in [1.29, 1.82) is 0 Å². The first-order chi connectivity index (χ1) is 57.9. The highest BCUT2D eigenvalue weighted by Gasteiger charge is 2.18. The van der Waals surface area contributed by atoms with Crippen LogP contribution in [-0.2, 0) is 22.4 Å². The van der Waals surface area contributed by atoms with Crippen LogP contribution in [0.25, 0.3) is 122 Å². The van der Waals surface area contributed by atoms with E-state index < -0.39 is 0 Å². The van der Waals surface area contributed by atoms with Crippen LogP contribution < -0.4 is 24.7 Å². The lowest BCUT2D eigenvalue weighted by atomic mass is 10.0. The van der Waals surface area contributed by atoms with Gasteiger partial charge in [-0.2, -0.15) is 20.4 Å². The second-order valence-corrected chi connectivity index (χ2v) is 27.6. The number of anilines is 1. The summed E-state index contributed by atoms with van der Waals surface area (Å²) >= 11 is 6.09. The quantitative estimate of drug-likeness (QED) is 0.0254. The summed E-state index contributed by atoms with van der Waals surface area (Å²) in [6.07, 6.45) is 10.5. The molecule has 8 heterocycles. The van der Waals surface area contributed by atoms with Gasteiger partial charge in [0.25, 0.3) is 0 Å². The zero-order valence-electron chi connectivity index (χ0n) is 63.3. The number of carbonyl (C=O) groups is 2. The average Bonchev–Trinajstić information content (AvgIpc) is 1.55. The van der Waals surface area contributed by atoms with Gasteiger partial charge in [0.2, 0.25) is 0 Å². The number of ether oxygens (including phenoxy) is 4. The van der Waals surface area contributed by atoms with Crippen molar-refractivity contribution in [3.8, 4) is 125 Å². The molecule has 19 aromatic rings. The summed E-state index contributed by atoms with van der Waals surface area (Å²) in [4.78, 5) is 42.8. The molecule has 0 spiro atoms. The van der Waals surface area contributed by atoms with Crippen LogP contribution in [0.2, 0.25) is 5.15 Å². The normalized spacial score (nSPS) is 10.8. The van der Waals surface area contributed by atoms with Gasteiger partial charge in [0.1, 0.15) is 51.1 Å². The number of benzene rings is 11. The number of ketones is 2. The standard InChI is InChI=1S/2C28H21N3O2.C24H18N4O.C18H12ClN3O/c2*1-2-23(32)16-19-7-6-8-21(15-19)26-17-22-18-29-31-28(22)27(30-26)20-11-13-25(14-12-20)33-24-9-4-3-5-10-24;25-19-6-4-5-17(13-19)22-14-18-15-26-28-24(18)23(27-22)16-9-11-21(12-10-16)29-20-7-2-1-3-8-20;19-16-10-13-11-20-22-18(13)17(21-16)12-6-8-15(9-7-12)23-14-4-2-1-3-5-14/h2*2-15,17-18H,1,16H2,(H,29,31);1-15H,25H2,(H,26,28);1-11H,(H,20,22). The predicted molar refractivity (Wildman–Crippen MR) is 467 cm³/mol. The van der Waals surface area contributed by atoms with E-state index in [0.717, 1.165) is 180 Å². The van der Waals surface area contributed by atoms with Gasteiger partial charge in [-0.15, -0.1) is 0 Å². The number of aromatic nitrogens is 12. The molecule has 0 saturated heterocycles. The highest BCUT2D eigenvalue weighted by atomic mass is 35.5. The van der Waals surface area contributed by atoms with Gasteiger partial charge in [-0.3, -0.25) is 30.0 Å². The van der Waals surface area contributed by atoms with Gasteiger partial charge >= 0.3 is 0 Å². The topological polar surface area (TPSA) is 263 Å². The first-order valence-electron chi connectivity index (χ1n) is 37.6. The predicted octanol–water partition coefficient (Wildman–Crippen LogP) is 23.5. The minimum Gasteiger partial charge on any atom is -0.457 e. The number of para-hydroxylation sites is 4. The number of hydrogen-bond acceptors (Lipinski definition) is 15. The van der Waals surface area contributed by atoms with E-state index in [4.69, 9.17) is 51.2 Å². The SMILES string of the molecule is C=CC(=O)Cc1cccc(-c2cc3cn[nH]c3c(-c3ccc(Oc4ccccc4)cc3)n2)c1.C=CC(=O)Cc1cccc(-c2cc3cn[nH]c3c(-c3ccc(Oc4ccccc4)cc3)n2)c1.Clc1cc2cn[nH]c2c(-c2ccc(Oc3ccccc3)cc2)n1.Nc1cccc(-c2cc3cn[nH]c3c(-c3ccc(Oc4ccccc4)cc3)n2)c1. The molecular formula is C98H72ClN13O6. The largest absolute Gasteiger partial charge is 0.457 e. The summed E-state index contributed by atoms with van der Waals surface area (Å²) < 4.78 is 23.5. The summed E-state index contributed by atoms with van der Waals surface area (Å²) in [7, 11) is 0. The third kappa shape index (κ3) is 18.5. The second-order valence-electron chi connectivity index (χ2n) is 27.2. The lowest BCUT2D eigenvalue weighted by Gasteiger charge is -2.10. The number of aromatic amines is 4. The van der Waals surface area contributed by atoms with Crippen LogP contribution in [0.1, 0.15) is 11.1 Å². The summed E-state index contributed by atoms with van der Waals surface area (Å²) in [6, 6.07) is 101. The fourth-order valence-corrected chi connectivity index (χ4v) is 13.4. The molecule has 0 aliphatic rings. The number of H-pyrrole nitrogens is 4. The molecule has 0 bridgehead atoms. The first-order valence-corrected chi connectivity index (χ1v) is 38.0. The van der Waals surface area contributed by atoms with E-state index in [1.807, 2.05) is 316 Å². The molecule has 19 rings (SSSR count). The van der Waals surface area contributed by atoms with E-state index in [-0.39, 0.29) is 11.6 Å². The van der Waals surface area contributed by atoms with Gasteiger partial charge in [0.15, 0.2) is 11.6 Å². The van der Waals surface area contributed by atoms with Crippen LogP contribution in [-0.4, -0.2) is 72.3 Å². The lowest BCUT2D eigenvalue weighted by molar-refractivity contribution is -0.114. The fraction of sp³-hybridized carbons (Fsp3) is 0.0204. The lowest BCUT2D eigenvalue weighted by Crippen LogP contribution is -1.98. The Balaban J connectivity index is 0.000000119. The summed E-state index contributed by atoms with van der Waals surface area (Å²) in [5, 5.41) is 33.2. The van der Waals surface area contributed by atoms with Crippen LogP contribution in [0, 0.1) is 0 Å². The van der Waals surface area contributed by atoms with E-state index >= 15 is 0 Å². The highest BCUT2D eigenvalue weighted by molar-refractivity contribution is 6.30. The van der Waals surface area contributed by atoms with Crippen molar-refractivity contribution in [2.75, 3.05) is 5.73 Å². The molecule has 19 nitrogen and oxygen atoms in total. The molecule has 0 aliphatic heterocycles. The summed E-state index contributed by atoms with van der Waals surface area (Å²) in [6.45, 7) is 7.12. The number of rotatable bonds is 21. The van der Waals surface area contributed by atoms with Crippen LogP contribution in [0.15, 0.2) is 366 Å². The van der Waals surface area contributed by atoms with Crippen molar-refractivity contribution in [2.24, 2.45) is 0 Å². The molecule has 6 N–H and O–H groups in total. The van der Waals surface area contributed by atoms with E-state index in [1.54, 1.807) is 24.7 Å². The number of fused-ring (bicyclic) bond motifs is 4. The van der Waals surface area contributed by atoms with Gasteiger partial charge in [-0.1, -0.05) is 146 Å². The Bertz CT molecular complexity index is 6500. The second kappa shape index (κ2) is 35.8. The molecule has 20 heteroatoms. The van der Waals surface area contributed by atoms with E-state index in [0.29, 0.717) is 23.7 Å². The smallest absolute Gasteiger partial charge is 0.159 e. The van der Waals surface area contributed by atoms with E-state index in [2.05, 4.69) is 58.9 Å². The summed E-state index contributed by atoms with van der Waals surface area (Å²) in [5.74, 6) is 6.20. The Kier molecular flexibility index (Phi) is 23.1. The van der Waals surface area contributed by atoms with Crippen molar-refractivity contribution >= 4 is 72.5 Å². The van der Waals surface area contributed by atoms with E-state index in [9.17, 15) is 9.59 Å². The first kappa shape index (κ1) is 76.0. The monoisotopic (exact) mass is 1560 g/mol. The minimum atomic E-state index is -0.0103. The Labute approximate surface area is 682 Å². The van der Waals surface area contributed by atoms with Gasteiger partial charge in [-0.25, -0.2) is 19.9 Å². The van der Waals surface area contributed by atoms with Crippen LogP contribution in [0.4, 0.5) is 5.69 Å². The number of nitrogens with one attached hydrogen (secondary N) is 4. The molecule has 8 aromatic heterocycles. The Morgan fingerprint density at radius 3 is 0.873 bits per heavy atom. The minimum absolute atomic E-state index is 0.0103. The molecule has 0 atom stereocenters. The molecule has 0 fully saturated rings. The zero-order valence-corrected chi connectivity index (χ0v) is 64.1. The maximum absolute atomic E-state index is 11.8. The highest BCUT2D eigenvalue weighted by Crippen LogP contribution is 2.38.